The number of anilines is 2. The van der Waals surface area contributed by atoms with Gasteiger partial charge in [-0.15, -0.1) is 0 Å². The zero-order chi connectivity index (χ0) is 19.3. The maximum absolute atomic E-state index is 12.3. The fourth-order valence-corrected chi connectivity index (χ4v) is 3.55. The SMILES string of the molecule is O=C(Nc1ccc(N2CCN(C(=O)c3ccco3)CC2)nc1)C1CCOCC1. The van der Waals surface area contributed by atoms with Crippen molar-refractivity contribution in [1.29, 1.82) is 0 Å². The van der Waals surface area contributed by atoms with Crippen LogP contribution in [0.5, 0.6) is 0 Å². The van der Waals surface area contributed by atoms with Gasteiger partial charge < -0.3 is 24.3 Å². The third kappa shape index (κ3) is 4.17. The minimum Gasteiger partial charge on any atom is -0.459 e. The van der Waals surface area contributed by atoms with Crippen LogP contribution in [-0.2, 0) is 9.53 Å². The van der Waals surface area contributed by atoms with Gasteiger partial charge in [-0.25, -0.2) is 4.98 Å². The fraction of sp³-hybridized carbons (Fsp3) is 0.450. The van der Waals surface area contributed by atoms with E-state index in [1.807, 2.05) is 12.1 Å². The second-order valence-electron chi connectivity index (χ2n) is 7.04. The van der Waals surface area contributed by atoms with Crippen LogP contribution in [0.2, 0.25) is 0 Å². The van der Waals surface area contributed by atoms with Gasteiger partial charge in [-0.05, 0) is 37.1 Å². The lowest BCUT2D eigenvalue weighted by Crippen LogP contribution is -2.49. The lowest BCUT2D eigenvalue weighted by atomic mass is 9.99. The number of aromatic nitrogens is 1. The first-order valence-electron chi connectivity index (χ1n) is 9.63. The molecule has 2 amide bonds. The second-order valence-corrected chi connectivity index (χ2v) is 7.04. The van der Waals surface area contributed by atoms with E-state index in [4.69, 9.17) is 9.15 Å². The van der Waals surface area contributed by atoms with Crippen molar-refractivity contribution in [3.63, 3.8) is 0 Å². The standard InChI is InChI=1S/C20H24N4O4/c25-19(15-5-12-27-13-6-15)22-16-3-4-18(21-14-16)23-7-9-24(10-8-23)20(26)17-2-1-11-28-17/h1-4,11,14-15H,5-10,12-13H2,(H,22,25). The molecule has 2 aromatic rings. The molecule has 148 valence electrons. The van der Waals surface area contributed by atoms with Crippen molar-refractivity contribution in [1.82, 2.24) is 9.88 Å². The normalized spacial score (nSPS) is 18.1. The molecular formula is C20H24N4O4. The van der Waals surface area contributed by atoms with E-state index >= 15 is 0 Å². The summed E-state index contributed by atoms with van der Waals surface area (Å²) in [6, 6.07) is 7.18. The molecule has 1 N–H and O–H groups in total. The number of piperazine rings is 1. The van der Waals surface area contributed by atoms with Crippen LogP contribution in [0.25, 0.3) is 0 Å². The largest absolute Gasteiger partial charge is 0.459 e. The molecule has 2 aliphatic heterocycles. The molecule has 0 atom stereocenters. The molecule has 0 spiro atoms. The first kappa shape index (κ1) is 18.5. The van der Waals surface area contributed by atoms with Crippen molar-refractivity contribution < 1.29 is 18.7 Å². The molecule has 0 unspecified atom stereocenters. The van der Waals surface area contributed by atoms with Crippen molar-refractivity contribution in [3.8, 4) is 0 Å². The molecule has 8 nitrogen and oxygen atoms in total. The zero-order valence-corrected chi connectivity index (χ0v) is 15.7. The first-order chi connectivity index (χ1) is 13.7. The molecule has 0 bridgehead atoms. The summed E-state index contributed by atoms with van der Waals surface area (Å²) in [7, 11) is 0. The number of furan rings is 1. The van der Waals surface area contributed by atoms with Gasteiger partial charge in [-0.2, -0.15) is 0 Å². The maximum atomic E-state index is 12.3. The number of carbonyl (C=O) groups is 2. The molecule has 4 heterocycles. The molecule has 2 saturated heterocycles. The highest BCUT2D eigenvalue weighted by molar-refractivity contribution is 5.92. The van der Waals surface area contributed by atoms with Gasteiger partial charge >= 0.3 is 0 Å². The highest BCUT2D eigenvalue weighted by atomic mass is 16.5. The van der Waals surface area contributed by atoms with E-state index in [1.165, 1.54) is 6.26 Å². The van der Waals surface area contributed by atoms with E-state index in [9.17, 15) is 9.59 Å². The minimum atomic E-state index is -0.0798. The summed E-state index contributed by atoms with van der Waals surface area (Å²) >= 11 is 0. The first-order valence-corrected chi connectivity index (χ1v) is 9.63. The van der Waals surface area contributed by atoms with E-state index in [2.05, 4.69) is 15.2 Å². The topological polar surface area (TPSA) is 87.9 Å². The fourth-order valence-electron chi connectivity index (χ4n) is 3.55. The Balaban J connectivity index is 1.30. The zero-order valence-electron chi connectivity index (χ0n) is 15.7. The number of amides is 2. The minimum absolute atomic E-state index is 0.00760. The summed E-state index contributed by atoms with van der Waals surface area (Å²) in [6.45, 7) is 3.92. The van der Waals surface area contributed by atoms with Crippen molar-refractivity contribution in [2.45, 2.75) is 12.8 Å². The predicted molar refractivity (Wildman–Crippen MR) is 103 cm³/mol. The second kappa shape index (κ2) is 8.43. The number of rotatable bonds is 4. The Morgan fingerprint density at radius 3 is 2.50 bits per heavy atom. The van der Waals surface area contributed by atoms with Gasteiger partial charge in [0.2, 0.25) is 5.91 Å². The molecule has 0 saturated carbocycles. The highest BCUT2D eigenvalue weighted by Crippen LogP contribution is 2.20. The molecule has 2 aliphatic rings. The maximum Gasteiger partial charge on any atom is 0.289 e. The lowest BCUT2D eigenvalue weighted by Gasteiger charge is -2.35. The van der Waals surface area contributed by atoms with Crippen molar-refractivity contribution in [2.24, 2.45) is 5.92 Å². The summed E-state index contributed by atoms with van der Waals surface area (Å²) in [5.41, 5.74) is 0.701. The third-order valence-corrected chi connectivity index (χ3v) is 5.23. The molecule has 2 fully saturated rings. The van der Waals surface area contributed by atoms with Gasteiger partial charge in [-0.3, -0.25) is 9.59 Å². The monoisotopic (exact) mass is 384 g/mol. The third-order valence-electron chi connectivity index (χ3n) is 5.23. The van der Waals surface area contributed by atoms with Crippen LogP contribution in [0.4, 0.5) is 11.5 Å². The van der Waals surface area contributed by atoms with Crippen LogP contribution >= 0.6 is 0 Å². The molecule has 0 aromatic carbocycles. The summed E-state index contributed by atoms with van der Waals surface area (Å²) in [4.78, 5) is 33.0. The van der Waals surface area contributed by atoms with Crippen LogP contribution in [0.15, 0.2) is 41.1 Å². The van der Waals surface area contributed by atoms with Crippen LogP contribution in [-0.4, -0.2) is 61.1 Å². The summed E-state index contributed by atoms with van der Waals surface area (Å²) in [6.07, 6.45) is 4.72. The molecule has 0 aliphatic carbocycles. The number of nitrogens with one attached hydrogen (secondary N) is 1. The average molecular weight is 384 g/mol. The Hall–Kier alpha value is -2.87. The van der Waals surface area contributed by atoms with Crippen LogP contribution < -0.4 is 10.2 Å². The number of pyridine rings is 1. The summed E-state index contributed by atoms with van der Waals surface area (Å²) < 4.78 is 10.5. The summed E-state index contributed by atoms with van der Waals surface area (Å²) in [5.74, 6) is 1.17. The number of ether oxygens (including phenoxy) is 1. The predicted octanol–water partition coefficient (Wildman–Crippen LogP) is 2.00. The van der Waals surface area contributed by atoms with Gasteiger partial charge in [0.05, 0.1) is 18.1 Å². The molecule has 8 heteroatoms. The van der Waals surface area contributed by atoms with E-state index in [0.29, 0.717) is 50.8 Å². The average Bonchev–Trinajstić information content (AvgIpc) is 3.29. The molecule has 0 radical (unpaired) electrons. The number of nitrogens with zero attached hydrogens (tertiary/aromatic N) is 3. The van der Waals surface area contributed by atoms with Crippen molar-refractivity contribution in [2.75, 3.05) is 49.6 Å². The highest BCUT2D eigenvalue weighted by Gasteiger charge is 2.25. The van der Waals surface area contributed by atoms with E-state index < -0.39 is 0 Å². The Kier molecular flexibility index (Phi) is 5.57. The van der Waals surface area contributed by atoms with Gasteiger partial charge in [0.1, 0.15) is 5.82 Å². The van der Waals surface area contributed by atoms with Gasteiger partial charge in [0.15, 0.2) is 5.76 Å². The molecule has 4 rings (SSSR count). The van der Waals surface area contributed by atoms with Crippen LogP contribution in [0.3, 0.4) is 0 Å². The van der Waals surface area contributed by atoms with Crippen LogP contribution in [0.1, 0.15) is 23.4 Å². The van der Waals surface area contributed by atoms with E-state index in [-0.39, 0.29) is 17.7 Å². The quantitative estimate of drug-likeness (QED) is 0.868. The molecule has 28 heavy (non-hydrogen) atoms. The van der Waals surface area contributed by atoms with Gasteiger partial charge in [0, 0.05) is 45.3 Å². The number of hydrogen-bond donors (Lipinski definition) is 1. The Bertz CT molecular complexity index is 792. The van der Waals surface area contributed by atoms with Gasteiger partial charge in [0.25, 0.3) is 5.91 Å². The number of hydrogen-bond acceptors (Lipinski definition) is 6. The smallest absolute Gasteiger partial charge is 0.289 e. The Morgan fingerprint density at radius 2 is 1.86 bits per heavy atom. The lowest BCUT2D eigenvalue weighted by molar-refractivity contribution is -0.122. The van der Waals surface area contributed by atoms with Crippen molar-refractivity contribution >= 4 is 23.3 Å². The molecular weight excluding hydrogens is 360 g/mol. The van der Waals surface area contributed by atoms with Gasteiger partial charge in [-0.1, -0.05) is 0 Å². The number of carbonyl (C=O) groups excluding carboxylic acids is 2. The Morgan fingerprint density at radius 1 is 1.07 bits per heavy atom. The van der Waals surface area contributed by atoms with E-state index in [0.717, 1.165) is 18.7 Å². The molecule has 2 aromatic heterocycles. The summed E-state index contributed by atoms with van der Waals surface area (Å²) in [5, 5.41) is 2.94. The Labute approximate surface area is 163 Å². The van der Waals surface area contributed by atoms with Crippen molar-refractivity contribution in [3.05, 3.63) is 42.5 Å². The van der Waals surface area contributed by atoms with E-state index in [1.54, 1.807) is 23.2 Å². The van der Waals surface area contributed by atoms with Crippen LogP contribution in [0, 0.1) is 5.92 Å².